The third kappa shape index (κ3) is 10.5. The summed E-state index contributed by atoms with van der Waals surface area (Å²) in [6.07, 6.45) is -1.95. The Labute approximate surface area is 300 Å². The van der Waals surface area contributed by atoms with E-state index in [1.54, 1.807) is 54.6 Å². The molecule has 53 heavy (non-hydrogen) atoms. The average molecular weight is 739 g/mol. The van der Waals surface area contributed by atoms with Crippen LogP contribution in [-0.2, 0) is 33.5 Å². The van der Waals surface area contributed by atoms with Gasteiger partial charge in [-0.05, 0) is 53.1 Å². The Morgan fingerprint density at radius 3 is 0.981 bits per heavy atom. The number of carbonyl (C=O) groups excluding carboxylic acids is 2. The zero-order chi connectivity index (χ0) is 38.1. The van der Waals surface area contributed by atoms with E-state index in [1.807, 2.05) is 0 Å². The van der Waals surface area contributed by atoms with Gasteiger partial charge in [0.25, 0.3) is 0 Å². The molecule has 6 rings (SSSR count). The lowest BCUT2D eigenvalue weighted by atomic mass is 9.91. The number of hydrogen-bond acceptors (Lipinski definition) is 13. The molecular weight excluding hydrogens is 704 g/mol. The molecule has 3 aliphatic rings. The van der Waals surface area contributed by atoms with E-state index in [0.29, 0.717) is 51.2 Å². The van der Waals surface area contributed by atoms with Gasteiger partial charge in [0, 0.05) is 17.8 Å². The van der Waals surface area contributed by atoms with Gasteiger partial charge in [-0.15, -0.1) is 0 Å². The molecule has 0 saturated carbocycles. The first-order chi connectivity index (χ1) is 25.3. The quantitative estimate of drug-likeness (QED) is 0.126. The highest BCUT2D eigenvalue weighted by atomic mass is 16.7. The summed E-state index contributed by atoms with van der Waals surface area (Å²) in [5.41, 5.74) is 1.67. The standard InChI is InChI=1S/C24H22O11.C12H12O6/c25-21(26)7-15(13-1-3-17-19(5-13)33-11-31-17)9-23(29)35-24(30)10-16(8-22(27)28)14-2-4-18-20(6-14)34-12-32-18;13-11(14)4-8(5-12(15)16)7-1-2-9-10(3-7)18-6-17-9/h1-6,15-16H,7-12H2,(H,25,26)(H,27,28);1-3,8H,4-6H2,(H,13,14)(H,15,16). The predicted octanol–water partition coefficient (Wildman–Crippen LogP) is 4.26. The van der Waals surface area contributed by atoms with E-state index < -0.39 is 53.6 Å². The average Bonchev–Trinajstić information content (AvgIpc) is 3.87. The van der Waals surface area contributed by atoms with Crippen LogP contribution in [0.1, 0.15) is 73.0 Å². The molecule has 0 aromatic heterocycles. The van der Waals surface area contributed by atoms with Crippen LogP contribution < -0.4 is 28.4 Å². The van der Waals surface area contributed by atoms with Crippen molar-refractivity contribution in [3.8, 4) is 34.5 Å². The van der Waals surface area contributed by atoms with Gasteiger partial charge >= 0.3 is 35.8 Å². The molecule has 17 heteroatoms. The molecule has 2 atom stereocenters. The van der Waals surface area contributed by atoms with Crippen molar-refractivity contribution in [1.82, 2.24) is 0 Å². The number of ether oxygens (including phenoxy) is 7. The van der Waals surface area contributed by atoms with E-state index in [1.165, 1.54) is 0 Å². The maximum atomic E-state index is 12.5. The van der Waals surface area contributed by atoms with Gasteiger partial charge in [-0.25, -0.2) is 0 Å². The molecule has 3 heterocycles. The van der Waals surface area contributed by atoms with Gasteiger partial charge in [0.15, 0.2) is 34.5 Å². The fraction of sp³-hybridized carbons (Fsp3) is 0.333. The molecule has 0 saturated heterocycles. The highest BCUT2D eigenvalue weighted by Gasteiger charge is 2.28. The van der Waals surface area contributed by atoms with Crippen molar-refractivity contribution in [3.05, 3.63) is 71.3 Å². The van der Waals surface area contributed by atoms with Crippen molar-refractivity contribution in [2.75, 3.05) is 20.4 Å². The van der Waals surface area contributed by atoms with Crippen molar-refractivity contribution in [2.24, 2.45) is 0 Å². The lowest BCUT2D eigenvalue weighted by Crippen LogP contribution is -2.19. The van der Waals surface area contributed by atoms with Crippen molar-refractivity contribution >= 4 is 35.8 Å². The lowest BCUT2D eigenvalue weighted by molar-refractivity contribution is -0.160. The molecule has 3 aliphatic heterocycles. The summed E-state index contributed by atoms with van der Waals surface area (Å²) >= 11 is 0. The molecule has 3 aromatic carbocycles. The van der Waals surface area contributed by atoms with Gasteiger partial charge < -0.3 is 53.6 Å². The lowest BCUT2D eigenvalue weighted by Gasteiger charge is -2.17. The van der Waals surface area contributed by atoms with E-state index in [4.69, 9.17) is 43.4 Å². The molecule has 0 radical (unpaired) electrons. The molecule has 0 amide bonds. The molecular formula is C36H34O17. The van der Waals surface area contributed by atoms with Gasteiger partial charge in [0.1, 0.15) is 0 Å². The van der Waals surface area contributed by atoms with Crippen LogP contribution in [0, 0.1) is 0 Å². The fourth-order valence-corrected chi connectivity index (χ4v) is 5.88. The Kier molecular flexibility index (Phi) is 12.2. The first-order valence-corrected chi connectivity index (χ1v) is 16.1. The second-order valence-corrected chi connectivity index (χ2v) is 12.1. The summed E-state index contributed by atoms with van der Waals surface area (Å²) in [6.45, 7) is 0.209. The minimum Gasteiger partial charge on any atom is -0.481 e. The van der Waals surface area contributed by atoms with Gasteiger partial charge in [-0.3, -0.25) is 28.8 Å². The molecule has 0 spiro atoms. The Balaban J connectivity index is 0.000000252. The zero-order valence-corrected chi connectivity index (χ0v) is 27.9. The fourth-order valence-electron chi connectivity index (χ4n) is 5.88. The van der Waals surface area contributed by atoms with Crippen LogP contribution in [0.4, 0.5) is 0 Å². The number of aliphatic carboxylic acids is 4. The SMILES string of the molecule is O=C(O)CC(CC(=O)O)c1ccc2c(c1)OCO2.O=C(O)CC(CC(=O)OC(=O)CC(CC(=O)O)c1ccc2c(c1)OCO2)c1ccc2c(c1)OCO2. The zero-order valence-electron chi connectivity index (χ0n) is 27.9. The minimum absolute atomic E-state index is 0.0415. The summed E-state index contributed by atoms with van der Waals surface area (Å²) in [5, 5.41) is 36.2. The topological polar surface area (TPSA) is 248 Å². The van der Waals surface area contributed by atoms with E-state index in [-0.39, 0.29) is 58.9 Å². The van der Waals surface area contributed by atoms with Crippen molar-refractivity contribution < 1.29 is 82.4 Å². The normalized spacial score (nSPS) is 14.1. The van der Waals surface area contributed by atoms with Gasteiger partial charge in [-0.2, -0.15) is 0 Å². The summed E-state index contributed by atoms with van der Waals surface area (Å²) in [5.74, 6) is -5.28. The van der Waals surface area contributed by atoms with E-state index in [9.17, 15) is 39.0 Å². The number of carboxylic acid groups (broad SMARTS) is 4. The van der Waals surface area contributed by atoms with E-state index in [2.05, 4.69) is 0 Å². The van der Waals surface area contributed by atoms with Gasteiger partial charge in [0.05, 0.1) is 38.5 Å². The van der Waals surface area contributed by atoms with Crippen molar-refractivity contribution in [2.45, 2.75) is 56.3 Å². The van der Waals surface area contributed by atoms with Crippen LogP contribution in [-0.4, -0.2) is 76.6 Å². The van der Waals surface area contributed by atoms with Crippen LogP contribution >= 0.6 is 0 Å². The molecule has 0 fully saturated rings. The summed E-state index contributed by atoms with van der Waals surface area (Å²) < 4.78 is 36.3. The first-order valence-electron chi connectivity index (χ1n) is 16.1. The second kappa shape index (κ2) is 17.1. The number of esters is 2. The van der Waals surface area contributed by atoms with Gasteiger partial charge in [0.2, 0.25) is 20.4 Å². The monoisotopic (exact) mass is 738 g/mol. The number of carbonyl (C=O) groups is 6. The number of hydrogen-bond donors (Lipinski definition) is 4. The Morgan fingerprint density at radius 1 is 0.434 bits per heavy atom. The number of fused-ring (bicyclic) bond motifs is 3. The molecule has 17 nitrogen and oxygen atoms in total. The van der Waals surface area contributed by atoms with Crippen molar-refractivity contribution in [1.29, 1.82) is 0 Å². The molecule has 0 bridgehead atoms. The van der Waals surface area contributed by atoms with Crippen LogP contribution in [0.3, 0.4) is 0 Å². The third-order valence-electron chi connectivity index (χ3n) is 8.34. The summed E-state index contributed by atoms with van der Waals surface area (Å²) in [7, 11) is 0. The smallest absolute Gasteiger partial charge is 0.314 e. The highest BCUT2D eigenvalue weighted by Crippen LogP contribution is 2.39. The van der Waals surface area contributed by atoms with Crippen molar-refractivity contribution in [3.63, 3.8) is 0 Å². The Morgan fingerprint density at radius 2 is 0.698 bits per heavy atom. The number of carboxylic acids is 4. The number of benzene rings is 3. The number of rotatable bonds is 15. The first kappa shape index (κ1) is 37.7. The van der Waals surface area contributed by atoms with E-state index in [0.717, 1.165) is 0 Å². The maximum Gasteiger partial charge on any atom is 0.314 e. The molecule has 280 valence electrons. The highest BCUT2D eigenvalue weighted by molar-refractivity contribution is 5.87. The maximum absolute atomic E-state index is 12.5. The molecule has 3 aromatic rings. The Hall–Kier alpha value is -6.52. The summed E-state index contributed by atoms with van der Waals surface area (Å²) in [4.78, 5) is 69.2. The predicted molar refractivity (Wildman–Crippen MR) is 175 cm³/mol. The van der Waals surface area contributed by atoms with Crippen LogP contribution in [0.15, 0.2) is 54.6 Å². The van der Waals surface area contributed by atoms with E-state index >= 15 is 0 Å². The van der Waals surface area contributed by atoms with Crippen LogP contribution in [0.5, 0.6) is 34.5 Å². The van der Waals surface area contributed by atoms with Gasteiger partial charge in [-0.1, -0.05) is 18.2 Å². The third-order valence-corrected chi connectivity index (χ3v) is 8.34. The van der Waals surface area contributed by atoms with Crippen LogP contribution in [0.25, 0.3) is 0 Å². The summed E-state index contributed by atoms with van der Waals surface area (Å²) in [6, 6.07) is 14.6. The molecule has 4 N–H and O–H groups in total. The second-order valence-electron chi connectivity index (χ2n) is 12.1. The Bertz CT molecular complexity index is 1780. The van der Waals surface area contributed by atoms with Crippen LogP contribution in [0.2, 0.25) is 0 Å². The minimum atomic E-state index is -1.13. The molecule has 2 unspecified atom stereocenters. The largest absolute Gasteiger partial charge is 0.481 e. The molecule has 0 aliphatic carbocycles.